The summed E-state index contributed by atoms with van der Waals surface area (Å²) in [6.45, 7) is 2.59. The zero-order valence-corrected chi connectivity index (χ0v) is 11.4. The highest BCUT2D eigenvalue weighted by Gasteiger charge is 2.23. The Morgan fingerprint density at radius 3 is 2.47 bits per heavy atom. The maximum Gasteiger partial charge on any atom is 0.234 e. The molecular weight excluding hydrogens is 238 g/mol. The molecule has 2 fully saturated rings. The lowest BCUT2D eigenvalue weighted by Crippen LogP contribution is -2.57. The molecule has 0 unspecified atom stereocenters. The van der Waals surface area contributed by atoms with Crippen molar-refractivity contribution in [1.29, 1.82) is 0 Å². The van der Waals surface area contributed by atoms with Gasteiger partial charge >= 0.3 is 0 Å². The van der Waals surface area contributed by atoms with E-state index in [-0.39, 0.29) is 18.3 Å². The fraction of sp³-hybridized carbons (Fsp3) is 0.917. The molecule has 1 amide bonds. The second-order valence-corrected chi connectivity index (χ2v) is 5.13. The van der Waals surface area contributed by atoms with Gasteiger partial charge in [0.1, 0.15) is 0 Å². The number of nitrogens with one attached hydrogen (secondary N) is 2. The first-order valence-electron chi connectivity index (χ1n) is 6.46. The number of halogens is 1. The minimum atomic E-state index is 0. The normalized spacial score (nSPS) is 21.8. The maximum atomic E-state index is 11.8. The highest BCUT2D eigenvalue weighted by molar-refractivity contribution is 5.85. The maximum absolute atomic E-state index is 11.8. The molecule has 1 aliphatic carbocycles. The summed E-state index contributed by atoms with van der Waals surface area (Å²) in [5.41, 5.74) is 0. The fourth-order valence-electron chi connectivity index (χ4n) is 2.46. The number of hydrogen-bond acceptors (Lipinski definition) is 3. The molecule has 17 heavy (non-hydrogen) atoms. The molecule has 0 bridgehead atoms. The number of nitrogens with zero attached hydrogens (tertiary/aromatic N) is 1. The Balaban J connectivity index is 0.00000144. The smallest absolute Gasteiger partial charge is 0.234 e. The minimum absolute atomic E-state index is 0. The first kappa shape index (κ1) is 14.7. The quantitative estimate of drug-likeness (QED) is 0.786. The molecule has 0 aromatic rings. The van der Waals surface area contributed by atoms with Gasteiger partial charge in [0.2, 0.25) is 5.91 Å². The van der Waals surface area contributed by atoms with E-state index in [2.05, 4.69) is 15.5 Å². The average molecular weight is 262 g/mol. The van der Waals surface area contributed by atoms with Crippen LogP contribution < -0.4 is 10.6 Å². The number of rotatable bonds is 4. The van der Waals surface area contributed by atoms with Crippen molar-refractivity contribution >= 4 is 18.3 Å². The molecule has 2 aliphatic rings. The molecule has 2 rings (SSSR count). The molecule has 0 radical (unpaired) electrons. The Morgan fingerprint density at radius 1 is 1.29 bits per heavy atom. The summed E-state index contributed by atoms with van der Waals surface area (Å²) in [7, 11) is 2.03. The van der Waals surface area contributed by atoms with Crippen LogP contribution in [0.2, 0.25) is 0 Å². The Bertz CT molecular complexity index is 234. The third-order valence-electron chi connectivity index (χ3n) is 3.75. The van der Waals surface area contributed by atoms with E-state index in [1.54, 1.807) is 0 Å². The lowest BCUT2D eigenvalue weighted by molar-refractivity contribution is -0.123. The molecule has 1 saturated carbocycles. The molecule has 1 heterocycles. The minimum Gasteiger partial charge on any atom is -0.352 e. The van der Waals surface area contributed by atoms with Gasteiger partial charge in [-0.05, 0) is 19.9 Å². The monoisotopic (exact) mass is 261 g/mol. The number of likely N-dealkylation sites (N-methyl/N-ethyl adjacent to an activating group) is 1. The summed E-state index contributed by atoms with van der Waals surface area (Å²) in [6, 6.07) is 0.992. The standard InChI is InChI=1S/C12H23N3O.ClH/c1-15(11-7-13-8-11)9-12(16)14-10-5-3-2-4-6-10;/h10-11,13H,2-9H2,1H3,(H,14,16);1H. The summed E-state index contributed by atoms with van der Waals surface area (Å²) in [6.07, 6.45) is 6.21. The molecular formula is C12H24ClN3O. The van der Waals surface area contributed by atoms with Crippen LogP contribution in [-0.4, -0.2) is 49.6 Å². The van der Waals surface area contributed by atoms with Gasteiger partial charge < -0.3 is 10.6 Å². The topological polar surface area (TPSA) is 44.4 Å². The van der Waals surface area contributed by atoms with Crippen molar-refractivity contribution in [3.8, 4) is 0 Å². The average Bonchev–Trinajstić information content (AvgIpc) is 2.15. The van der Waals surface area contributed by atoms with Crippen LogP contribution in [0, 0.1) is 0 Å². The number of carbonyl (C=O) groups excluding carboxylic acids is 1. The van der Waals surface area contributed by atoms with Gasteiger partial charge in [0, 0.05) is 25.2 Å². The third kappa shape index (κ3) is 4.45. The van der Waals surface area contributed by atoms with Gasteiger partial charge in [-0.1, -0.05) is 19.3 Å². The SMILES string of the molecule is CN(CC(=O)NC1CCCCC1)C1CNC1.Cl. The molecule has 100 valence electrons. The highest BCUT2D eigenvalue weighted by Crippen LogP contribution is 2.17. The zero-order chi connectivity index (χ0) is 11.4. The third-order valence-corrected chi connectivity index (χ3v) is 3.75. The first-order valence-corrected chi connectivity index (χ1v) is 6.46. The lowest BCUT2D eigenvalue weighted by atomic mass is 9.95. The van der Waals surface area contributed by atoms with E-state index in [0.717, 1.165) is 13.1 Å². The highest BCUT2D eigenvalue weighted by atomic mass is 35.5. The van der Waals surface area contributed by atoms with Crippen molar-refractivity contribution in [1.82, 2.24) is 15.5 Å². The molecule has 4 nitrogen and oxygen atoms in total. The van der Waals surface area contributed by atoms with Gasteiger partial charge in [-0.3, -0.25) is 9.69 Å². The van der Waals surface area contributed by atoms with E-state index in [1.807, 2.05) is 7.05 Å². The van der Waals surface area contributed by atoms with E-state index < -0.39 is 0 Å². The Hall–Kier alpha value is -0.320. The van der Waals surface area contributed by atoms with Crippen molar-refractivity contribution in [2.75, 3.05) is 26.7 Å². The number of carbonyl (C=O) groups is 1. The molecule has 1 aliphatic heterocycles. The first-order chi connectivity index (χ1) is 7.75. The van der Waals surface area contributed by atoms with Crippen LogP contribution in [0.5, 0.6) is 0 Å². The van der Waals surface area contributed by atoms with Crippen molar-refractivity contribution in [2.45, 2.75) is 44.2 Å². The molecule has 2 N–H and O–H groups in total. The lowest BCUT2D eigenvalue weighted by Gasteiger charge is -2.35. The van der Waals surface area contributed by atoms with E-state index >= 15 is 0 Å². The van der Waals surface area contributed by atoms with Gasteiger partial charge in [0.15, 0.2) is 0 Å². The van der Waals surface area contributed by atoms with Crippen molar-refractivity contribution in [3.63, 3.8) is 0 Å². The second-order valence-electron chi connectivity index (χ2n) is 5.13. The molecule has 0 aromatic heterocycles. The molecule has 0 spiro atoms. The van der Waals surface area contributed by atoms with Gasteiger partial charge in [-0.2, -0.15) is 0 Å². The Morgan fingerprint density at radius 2 is 1.94 bits per heavy atom. The van der Waals surface area contributed by atoms with Crippen LogP contribution in [0.15, 0.2) is 0 Å². The van der Waals surface area contributed by atoms with Gasteiger partial charge in [0.25, 0.3) is 0 Å². The van der Waals surface area contributed by atoms with Crippen LogP contribution in [0.25, 0.3) is 0 Å². The second kappa shape index (κ2) is 7.19. The Kier molecular flexibility index (Phi) is 6.23. The molecule has 1 saturated heterocycles. The summed E-state index contributed by atoms with van der Waals surface area (Å²) in [5, 5.41) is 6.38. The van der Waals surface area contributed by atoms with Gasteiger partial charge in [-0.25, -0.2) is 0 Å². The van der Waals surface area contributed by atoms with Crippen LogP contribution >= 0.6 is 12.4 Å². The summed E-state index contributed by atoms with van der Waals surface area (Å²) in [4.78, 5) is 13.9. The number of amides is 1. The van der Waals surface area contributed by atoms with E-state index in [4.69, 9.17) is 0 Å². The van der Waals surface area contributed by atoms with Crippen LogP contribution in [0.1, 0.15) is 32.1 Å². The fourth-order valence-corrected chi connectivity index (χ4v) is 2.46. The number of hydrogen-bond donors (Lipinski definition) is 2. The Labute approximate surface area is 110 Å². The summed E-state index contributed by atoms with van der Waals surface area (Å²) >= 11 is 0. The van der Waals surface area contributed by atoms with E-state index in [1.165, 1.54) is 32.1 Å². The van der Waals surface area contributed by atoms with Crippen LogP contribution in [0.4, 0.5) is 0 Å². The largest absolute Gasteiger partial charge is 0.352 e. The predicted molar refractivity (Wildman–Crippen MR) is 71.6 cm³/mol. The van der Waals surface area contributed by atoms with Crippen molar-refractivity contribution in [2.24, 2.45) is 0 Å². The van der Waals surface area contributed by atoms with Crippen molar-refractivity contribution < 1.29 is 4.79 Å². The summed E-state index contributed by atoms with van der Waals surface area (Å²) < 4.78 is 0. The molecule has 0 atom stereocenters. The van der Waals surface area contributed by atoms with Gasteiger partial charge in [-0.15, -0.1) is 12.4 Å². The van der Waals surface area contributed by atoms with Crippen molar-refractivity contribution in [3.05, 3.63) is 0 Å². The molecule has 0 aromatic carbocycles. The van der Waals surface area contributed by atoms with E-state index in [0.29, 0.717) is 18.6 Å². The van der Waals surface area contributed by atoms with Crippen LogP contribution in [0.3, 0.4) is 0 Å². The molecule has 5 heteroatoms. The van der Waals surface area contributed by atoms with E-state index in [9.17, 15) is 4.79 Å². The summed E-state index contributed by atoms with van der Waals surface area (Å²) in [5.74, 6) is 0.196. The van der Waals surface area contributed by atoms with Crippen LogP contribution in [-0.2, 0) is 4.79 Å². The zero-order valence-electron chi connectivity index (χ0n) is 10.6. The van der Waals surface area contributed by atoms with Gasteiger partial charge in [0.05, 0.1) is 6.54 Å². The predicted octanol–water partition coefficient (Wildman–Crippen LogP) is 0.761.